The van der Waals surface area contributed by atoms with Crippen LogP contribution >= 0.6 is 55.8 Å². The fourth-order valence-corrected chi connectivity index (χ4v) is 5.74. The zero-order chi connectivity index (χ0) is 22.8. The smallest absolute Gasteiger partial charge is 0.270 e. The van der Waals surface area contributed by atoms with E-state index in [9.17, 15) is 13.6 Å². The van der Waals surface area contributed by atoms with E-state index in [1.165, 1.54) is 35.2 Å². The van der Waals surface area contributed by atoms with E-state index >= 15 is 0 Å². The third kappa shape index (κ3) is 5.11. The minimum atomic E-state index is -0.440. The Balaban J connectivity index is 1.54. The Morgan fingerprint density at radius 2 is 1.69 bits per heavy atom. The molecule has 0 bridgehead atoms. The Hall–Kier alpha value is -2.07. The van der Waals surface area contributed by atoms with Crippen LogP contribution in [0, 0.1) is 11.6 Å². The van der Waals surface area contributed by atoms with E-state index in [0.717, 1.165) is 22.9 Å². The second kappa shape index (κ2) is 9.82. The molecular formula is C23H13Br2F2NO2S2. The molecular weight excluding hydrogens is 584 g/mol. The molecule has 0 aliphatic carbocycles. The number of thiocarbonyl (C=S) groups is 1. The van der Waals surface area contributed by atoms with Crippen LogP contribution < -0.4 is 9.64 Å². The third-order valence-electron chi connectivity index (χ3n) is 4.47. The van der Waals surface area contributed by atoms with Crippen molar-refractivity contribution in [1.29, 1.82) is 0 Å². The highest BCUT2D eigenvalue weighted by Gasteiger charge is 2.33. The van der Waals surface area contributed by atoms with Crippen molar-refractivity contribution in [3.63, 3.8) is 0 Å². The van der Waals surface area contributed by atoms with E-state index in [2.05, 4.69) is 31.9 Å². The first-order valence-electron chi connectivity index (χ1n) is 9.21. The molecule has 0 radical (unpaired) electrons. The highest BCUT2D eigenvalue weighted by Crippen LogP contribution is 2.39. The zero-order valence-corrected chi connectivity index (χ0v) is 21.0. The Labute approximate surface area is 209 Å². The SMILES string of the molecule is O=C1/C(=C\c2cc(Br)c(OCc3ccc(F)cc3)c(Br)c2)SC(=S)N1c1cccc(F)c1. The summed E-state index contributed by atoms with van der Waals surface area (Å²) in [6.45, 7) is 0.267. The third-order valence-corrected chi connectivity index (χ3v) is 6.96. The van der Waals surface area contributed by atoms with Crippen molar-refractivity contribution in [3.05, 3.63) is 97.3 Å². The maximum absolute atomic E-state index is 13.6. The van der Waals surface area contributed by atoms with Gasteiger partial charge in [0.2, 0.25) is 0 Å². The van der Waals surface area contributed by atoms with Crippen molar-refractivity contribution >= 4 is 77.8 Å². The lowest BCUT2D eigenvalue weighted by Gasteiger charge is -2.14. The van der Waals surface area contributed by atoms with Crippen molar-refractivity contribution in [1.82, 2.24) is 0 Å². The van der Waals surface area contributed by atoms with Crippen LogP contribution in [0.15, 0.2) is 74.5 Å². The lowest BCUT2D eigenvalue weighted by atomic mass is 10.2. The fraction of sp³-hybridized carbons (Fsp3) is 0.0435. The van der Waals surface area contributed by atoms with Crippen LogP contribution in [0.1, 0.15) is 11.1 Å². The van der Waals surface area contributed by atoms with Gasteiger partial charge in [-0.15, -0.1) is 0 Å². The van der Waals surface area contributed by atoms with E-state index in [0.29, 0.717) is 29.6 Å². The molecule has 0 saturated carbocycles. The van der Waals surface area contributed by atoms with Crippen LogP contribution in [0.5, 0.6) is 5.75 Å². The number of benzene rings is 3. The molecule has 0 atom stereocenters. The Bertz CT molecular complexity index is 1230. The minimum Gasteiger partial charge on any atom is -0.487 e. The van der Waals surface area contributed by atoms with Gasteiger partial charge < -0.3 is 4.74 Å². The molecule has 0 spiro atoms. The summed E-state index contributed by atoms with van der Waals surface area (Å²) in [6.07, 6.45) is 1.72. The van der Waals surface area contributed by atoms with Gasteiger partial charge in [0.25, 0.3) is 5.91 Å². The maximum Gasteiger partial charge on any atom is 0.270 e. The summed E-state index contributed by atoms with van der Waals surface area (Å²) in [5.74, 6) is -0.471. The van der Waals surface area contributed by atoms with Gasteiger partial charge in [-0.05, 0) is 91.5 Å². The number of nitrogens with zero attached hydrogens (tertiary/aromatic N) is 1. The number of ether oxygens (including phenoxy) is 1. The van der Waals surface area contributed by atoms with E-state index in [-0.39, 0.29) is 18.3 Å². The van der Waals surface area contributed by atoms with Crippen LogP contribution in [0.2, 0.25) is 0 Å². The Morgan fingerprint density at radius 1 is 1.00 bits per heavy atom. The second-order valence-corrected chi connectivity index (χ2v) is 10.1. The monoisotopic (exact) mass is 595 g/mol. The predicted octanol–water partition coefficient (Wildman–Crippen LogP) is 7.47. The summed E-state index contributed by atoms with van der Waals surface area (Å²) < 4.78 is 34.2. The van der Waals surface area contributed by atoms with Crippen LogP contribution in [0.4, 0.5) is 14.5 Å². The van der Waals surface area contributed by atoms with Crippen LogP contribution in [-0.2, 0) is 11.4 Å². The molecule has 9 heteroatoms. The molecule has 0 N–H and O–H groups in total. The van der Waals surface area contributed by atoms with Crippen LogP contribution in [-0.4, -0.2) is 10.2 Å². The van der Waals surface area contributed by atoms with Gasteiger partial charge in [-0.3, -0.25) is 9.69 Å². The maximum atomic E-state index is 13.6. The number of hydrogen-bond acceptors (Lipinski definition) is 4. The van der Waals surface area contributed by atoms with Crippen molar-refractivity contribution in [2.45, 2.75) is 6.61 Å². The van der Waals surface area contributed by atoms with Crippen molar-refractivity contribution in [3.8, 4) is 5.75 Å². The standard InChI is InChI=1S/C23H13Br2F2NO2S2/c24-18-8-14(9-19(25)21(18)30-12-13-4-6-15(26)7-5-13)10-20-22(29)28(23(31)32-20)17-3-1-2-16(27)11-17/h1-11H,12H2/b20-10+. The molecule has 0 aromatic heterocycles. The second-order valence-electron chi connectivity index (χ2n) is 6.73. The molecule has 162 valence electrons. The number of halogens is 4. The normalized spacial score (nSPS) is 15.0. The first-order valence-corrected chi connectivity index (χ1v) is 12.0. The summed E-state index contributed by atoms with van der Waals surface area (Å²) in [5, 5.41) is 0. The number of thioether (sulfide) groups is 1. The summed E-state index contributed by atoms with van der Waals surface area (Å²) in [5.41, 5.74) is 1.97. The van der Waals surface area contributed by atoms with E-state index < -0.39 is 5.82 Å². The number of carbonyl (C=O) groups is 1. The predicted molar refractivity (Wildman–Crippen MR) is 135 cm³/mol. The molecule has 3 nitrogen and oxygen atoms in total. The molecule has 1 fully saturated rings. The van der Waals surface area contributed by atoms with Gasteiger partial charge in [0, 0.05) is 0 Å². The molecule has 1 amide bonds. The Kier molecular flexibility index (Phi) is 7.09. The first kappa shape index (κ1) is 23.1. The van der Waals surface area contributed by atoms with Gasteiger partial charge in [-0.2, -0.15) is 0 Å². The van der Waals surface area contributed by atoms with Gasteiger partial charge in [-0.1, -0.05) is 42.2 Å². The molecule has 3 aromatic carbocycles. The molecule has 4 rings (SSSR count). The first-order chi connectivity index (χ1) is 15.3. The average Bonchev–Trinajstić information content (AvgIpc) is 3.01. The number of hydrogen-bond donors (Lipinski definition) is 0. The molecule has 1 aliphatic heterocycles. The van der Waals surface area contributed by atoms with E-state index in [1.54, 1.807) is 24.3 Å². The van der Waals surface area contributed by atoms with E-state index in [4.69, 9.17) is 17.0 Å². The molecule has 3 aromatic rings. The van der Waals surface area contributed by atoms with Gasteiger partial charge in [0.15, 0.2) is 4.32 Å². The largest absolute Gasteiger partial charge is 0.487 e. The number of carbonyl (C=O) groups excluding carboxylic acids is 1. The van der Waals surface area contributed by atoms with Gasteiger partial charge in [0.05, 0.1) is 19.5 Å². The Morgan fingerprint density at radius 3 is 2.34 bits per heavy atom. The summed E-state index contributed by atoms with van der Waals surface area (Å²) in [4.78, 5) is 14.7. The topological polar surface area (TPSA) is 29.5 Å². The lowest BCUT2D eigenvalue weighted by molar-refractivity contribution is -0.113. The quantitative estimate of drug-likeness (QED) is 0.226. The minimum absolute atomic E-state index is 0.267. The highest BCUT2D eigenvalue weighted by atomic mass is 79.9. The number of rotatable bonds is 5. The van der Waals surface area contributed by atoms with Crippen molar-refractivity contribution < 1.29 is 18.3 Å². The molecule has 0 unspecified atom stereocenters. The van der Waals surface area contributed by atoms with Crippen molar-refractivity contribution in [2.24, 2.45) is 0 Å². The molecule has 1 heterocycles. The van der Waals surface area contributed by atoms with Crippen molar-refractivity contribution in [2.75, 3.05) is 4.90 Å². The summed E-state index contributed by atoms with van der Waals surface area (Å²) >= 11 is 13.5. The number of anilines is 1. The van der Waals surface area contributed by atoms with Gasteiger partial charge >= 0.3 is 0 Å². The fourth-order valence-electron chi connectivity index (χ4n) is 2.99. The molecule has 1 saturated heterocycles. The molecule has 1 aliphatic rings. The lowest BCUT2D eigenvalue weighted by Crippen LogP contribution is -2.27. The van der Waals surface area contributed by atoms with Crippen LogP contribution in [0.3, 0.4) is 0 Å². The van der Waals surface area contributed by atoms with Crippen LogP contribution in [0.25, 0.3) is 6.08 Å². The highest BCUT2D eigenvalue weighted by molar-refractivity contribution is 9.11. The van der Waals surface area contributed by atoms with Gasteiger partial charge in [0.1, 0.15) is 24.0 Å². The number of amides is 1. The van der Waals surface area contributed by atoms with Gasteiger partial charge in [-0.25, -0.2) is 8.78 Å². The van der Waals surface area contributed by atoms with E-state index in [1.807, 2.05) is 12.1 Å². The molecule has 32 heavy (non-hydrogen) atoms. The summed E-state index contributed by atoms with van der Waals surface area (Å²) in [6, 6.07) is 15.5. The zero-order valence-electron chi connectivity index (χ0n) is 16.2. The summed E-state index contributed by atoms with van der Waals surface area (Å²) in [7, 11) is 0. The average molecular weight is 597 g/mol.